The highest BCUT2D eigenvalue weighted by molar-refractivity contribution is 5.22. The van der Waals surface area contributed by atoms with E-state index in [9.17, 15) is 0 Å². The third-order valence-electron chi connectivity index (χ3n) is 8.85. The van der Waals surface area contributed by atoms with Crippen molar-refractivity contribution in [3.63, 3.8) is 0 Å². The molecule has 31 heavy (non-hydrogen) atoms. The summed E-state index contributed by atoms with van der Waals surface area (Å²) < 4.78 is 0. The summed E-state index contributed by atoms with van der Waals surface area (Å²) in [4.78, 5) is 0. The summed E-state index contributed by atoms with van der Waals surface area (Å²) >= 11 is 0. The average Bonchev–Trinajstić information content (AvgIpc) is 2.82. The molecule has 2 aliphatic carbocycles. The smallest absolute Gasteiger partial charge is 0.0276 e. The Labute approximate surface area is 195 Å². The Morgan fingerprint density at radius 3 is 1.55 bits per heavy atom. The van der Waals surface area contributed by atoms with Crippen molar-refractivity contribution in [1.82, 2.24) is 0 Å². The van der Waals surface area contributed by atoms with Gasteiger partial charge in [-0.25, -0.2) is 0 Å². The van der Waals surface area contributed by atoms with Gasteiger partial charge in [0.1, 0.15) is 0 Å². The van der Waals surface area contributed by atoms with Crippen molar-refractivity contribution >= 4 is 0 Å². The fourth-order valence-corrected chi connectivity index (χ4v) is 6.58. The molecule has 0 aromatic heterocycles. The maximum atomic E-state index is 2.42. The van der Waals surface area contributed by atoms with E-state index < -0.39 is 0 Å². The fourth-order valence-electron chi connectivity index (χ4n) is 6.58. The van der Waals surface area contributed by atoms with E-state index >= 15 is 0 Å². The second-order valence-electron chi connectivity index (χ2n) is 11.2. The Morgan fingerprint density at radius 1 is 0.516 bits per heavy atom. The highest BCUT2D eigenvalue weighted by Gasteiger charge is 2.30. The van der Waals surface area contributed by atoms with Crippen LogP contribution in [0.2, 0.25) is 0 Å². The minimum atomic E-state index is 0.996. The van der Waals surface area contributed by atoms with Gasteiger partial charge >= 0.3 is 0 Å². The van der Waals surface area contributed by atoms with E-state index in [2.05, 4.69) is 38.1 Å². The summed E-state index contributed by atoms with van der Waals surface area (Å²) in [5, 5.41) is 0. The van der Waals surface area contributed by atoms with Crippen LogP contribution in [0.3, 0.4) is 0 Å². The van der Waals surface area contributed by atoms with E-state index in [1.807, 2.05) is 0 Å². The Morgan fingerprint density at radius 2 is 1.00 bits per heavy atom. The molecule has 0 amide bonds. The molecular weight excluding hydrogens is 372 g/mol. The Bertz CT molecular complexity index is 554. The van der Waals surface area contributed by atoms with E-state index in [1.165, 1.54) is 96.3 Å². The van der Waals surface area contributed by atoms with Crippen molar-refractivity contribution in [2.45, 2.75) is 136 Å². The average molecular weight is 425 g/mol. The summed E-state index contributed by atoms with van der Waals surface area (Å²) in [6.07, 6.45) is 27.6. The maximum Gasteiger partial charge on any atom is -0.0276 e. The molecule has 3 rings (SSSR count). The molecule has 1 aromatic rings. The zero-order valence-electron chi connectivity index (χ0n) is 21.1. The lowest BCUT2D eigenvalue weighted by Gasteiger charge is -2.38. The molecule has 0 saturated heterocycles. The van der Waals surface area contributed by atoms with Gasteiger partial charge in [-0.1, -0.05) is 109 Å². The van der Waals surface area contributed by atoms with Crippen LogP contribution in [-0.2, 0) is 12.8 Å². The molecule has 0 unspecified atom stereocenters. The van der Waals surface area contributed by atoms with Crippen molar-refractivity contribution in [2.75, 3.05) is 0 Å². The molecule has 0 aliphatic heterocycles. The molecule has 0 heteroatoms. The summed E-state index contributed by atoms with van der Waals surface area (Å²) in [5.74, 6) is 4.21. The van der Waals surface area contributed by atoms with Crippen LogP contribution in [0, 0.1) is 23.7 Å². The van der Waals surface area contributed by atoms with Gasteiger partial charge < -0.3 is 0 Å². The molecule has 2 fully saturated rings. The van der Waals surface area contributed by atoms with Gasteiger partial charge in [-0.2, -0.15) is 0 Å². The van der Waals surface area contributed by atoms with Crippen LogP contribution in [0.4, 0.5) is 0 Å². The van der Waals surface area contributed by atoms with Crippen LogP contribution in [0.25, 0.3) is 0 Å². The minimum Gasteiger partial charge on any atom is -0.0654 e. The third kappa shape index (κ3) is 8.94. The maximum absolute atomic E-state index is 2.42. The van der Waals surface area contributed by atoms with Gasteiger partial charge in [0.05, 0.1) is 0 Å². The van der Waals surface area contributed by atoms with Gasteiger partial charge in [0, 0.05) is 0 Å². The molecule has 0 heterocycles. The summed E-state index contributed by atoms with van der Waals surface area (Å²) in [6, 6.07) is 9.63. The van der Waals surface area contributed by atoms with Crippen molar-refractivity contribution in [3.8, 4) is 0 Å². The number of rotatable bonds is 13. The number of aryl methyl sites for hydroxylation is 2. The first kappa shape index (κ1) is 24.9. The molecule has 2 aliphatic rings. The summed E-state index contributed by atoms with van der Waals surface area (Å²) in [7, 11) is 0. The predicted octanol–water partition coefficient (Wildman–Crippen LogP) is 9.94. The van der Waals surface area contributed by atoms with E-state index in [-0.39, 0.29) is 0 Å². The van der Waals surface area contributed by atoms with Crippen molar-refractivity contribution in [3.05, 3.63) is 35.4 Å². The third-order valence-corrected chi connectivity index (χ3v) is 8.85. The molecule has 0 N–H and O–H groups in total. The highest BCUT2D eigenvalue weighted by Crippen LogP contribution is 2.43. The minimum absolute atomic E-state index is 0.996. The van der Waals surface area contributed by atoms with Crippen molar-refractivity contribution in [1.29, 1.82) is 0 Å². The lowest BCUT2D eigenvalue weighted by molar-refractivity contribution is 0.140. The Hall–Kier alpha value is -0.780. The molecule has 0 bridgehead atoms. The first-order valence-electron chi connectivity index (χ1n) is 14.4. The first-order chi connectivity index (χ1) is 15.3. The van der Waals surface area contributed by atoms with E-state index in [0.29, 0.717) is 0 Å². The van der Waals surface area contributed by atoms with Crippen LogP contribution in [0.1, 0.15) is 134 Å². The van der Waals surface area contributed by atoms with Crippen LogP contribution < -0.4 is 0 Å². The van der Waals surface area contributed by atoms with Gasteiger partial charge in [0.25, 0.3) is 0 Å². The standard InChI is InChI=1S/C31H52/c1-3-5-7-9-11-26-12-14-28(15-13-26)16-17-29-20-24-31(25-21-29)30-22-18-27(19-23-30)10-8-6-4-2/h12-15,27,29-31H,3-11,16-25H2,1-2H3. The highest BCUT2D eigenvalue weighted by atomic mass is 14.4. The quantitative estimate of drug-likeness (QED) is 0.276. The monoisotopic (exact) mass is 424 g/mol. The molecule has 1 aromatic carbocycles. The van der Waals surface area contributed by atoms with E-state index in [4.69, 9.17) is 0 Å². The lowest BCUT2D eigenvalue weighted by atomic mass is 9.68. The van der Waals surface area contributed by atoms with Gasteiger partial charge in [-0.3, -0.25) is 0 Å². The SMILES string of the molecule is CCCCCCc1ccc(CCC2CCC(C3CCC(CCCCC)CC3)CC2)cc1. The topological polar surface area (TPSA) is 0 Å². The molecule has 176 valence electrons. The molecule has 0 radical (unpaired) electrons. The van der Waals surface area contributed by atoms with Gasteiger partial charge in [0.2, 0.25) is 0 Å². The number of unbranched alkanes of at least 4 members (excludes halogenated alkanes) is 5. The van der Waals surface area contributed by atoms with Crippen LogP contribution in [0.5, 0.6) is 0 Å². The Balaban J connectivity index is 1.28. The van der Waals surface area contributed by atoms with Crippen LogP contribution >= 0.6 is 0 Å². The fraction of sp³-hybridized carbons (Fsp3) is 0.806. The van der Waals surface area contributed by atoms with Crippen LogP contribution in [-0.4, -0.2) is 0 Å². The largest absolute Gasteiger partial charge is 0.0654 e. The van der Waals surface area contributed by atoms with E-state index in [0.717, 1.165) is 23.7 Å². The first-order valence-corrected chi connectivity index (χ1v) is 14.4. The van der Waals surface area contributed by atoms with Crippen molar-refractivity contribution in [2.24, 2.45) is 23.7 Å². The molecule has 0 atom stereocenters. The molecule has 0 spiro atoms. The zero-order chi connectivity index (χ0) is 21.7. The second kappa shape index (κ2) is 14.4. The molecule has 0 nitrogen and oxygen atoms in total. The number of benzene rings is 1. The van der Waals surface area contributed by atoms with Gasteiger partial charge in [0.15, 0.2) is 0 Å². The van der Waals surface area contributed by atoms with Gasteiger partial charge in [-0.05, 0) is 86.2 Å². The van der Waals surface area contributed by atoms with Gasteiger partial charge in [-0.15, -0.1) is 0 Å². The zero-order valence-corrected chi connectivity index (χ0v) is 21.1. The summed E-state index contributed by atoms with van der Waals surface area (Å²) in [5.41, 5.74) is 3.11. The summed E-state index contributed by atoms with van der Waals surface area (Å²) in [6.45, 7) is 4.63. The number of hydrogen-bond acceptors (Lipinski definition) is 0. The molecular formula is C31H52. The normalized spacial score (nSPS) is 26.8. The lowest BCUT2D eigenvalue weighted by Crippen LogP contribution is -2.26. The molecule has 2 saturated carbocycles. The van der Waals surface area contributed by atoms with Crippen molar-refractivity contribution < 1.29 is 0 Å². The number of hydrogen-bond donors (Lipinski definition) is 0. The predicted molar refractivity (Wildman–Crippen MR) is 138 cm³/mol. The van der Waals surface area contributed by atoms with Crippen LogP contribution in [0.15, 0.2) is 24.3 Å². The van der Waals surface area contributed by atoms with E-state index in [1.54, 1.807) is 36.8 Å². The second-order valence-corrected chi connectivity index (χ2v) is 11.2. The Kier molecular flexibility index (Phi) is 11.5.